The van der Waals surface area contributed by atoms with Crippen molar-refractivity contribution < 1.29 is 4.92 Å². The van der Waals surface area contributed by atoms with E-state index in [0.29, 0.717) is 11.7 Å². The van der Waals surface area contributed by atoms with Gasteiger partial charge in [0.25, 0.3) is 0 Å². The molecule has 20 heavy (non-hydrogen) atoms. The van der Waals surface area contributed by atoms with Gasteiger partial charge in [-0.15, -0.1) is 0 Å². The molecule has 7 heteroatoms. The summed E-state index contributed by atoms with van der Waals surface area (Å²) in [5.41, 5.74) is 5.51. The Labute approximate surface area is 118 Å². The van der Waals surface area contributed by atoms with E-state index in [1.165, 1.54) is 25.5 Å². The standard InChI is InChI=1S/C13H21N5O2/c1-2-4-10-5-3-7-17(8-6-10)12-11(18(19)20)9-15-13(14)16-12/h9-10H,2-8H2,1H3,(H2,14,15,16). The first kappa shape index (κ1) is 14.5. The van der Waals surface area contributed by atoms with Crippen LogP contribution in [-0.2, 0) is 0 Å². The van der Waals surface area contributed by atoms with Crippen LogP contribution >= 0.6 is 0 Å². The van der Waals surface area contributed by atoms with Crippen LogP contribution in [0.5, 0.6) is 0 Å². The summed E-state index contributed by atoms with van der Waals surface area (Å²) in [7, 11) is 0. The molecule has 1 fully saturated rings. The van der Waals surface area contributed by atoms with Crippen molar-refractivity contribution in [1.29, 1.82) is 0 Å². The molecule has 110 valence electrons. The summed E-state index contributed by atoms with van der Waals surface area (Å²) in [6, 6.07) is 0. The summed E-state index contributed by atoms with van der Waals surface area (Å²) in [6.07, 6.45) is 6.87. The highest BCUT2D eigenvalue weighted by molar-refractivity contribution is 5.58. The maximum absolute atomic E-state index is 11.1. The molecule has 1 atom stereocenters. The van der Waals surface area contributed by atoms with E-state index < -0.39 is 4.92 Å². The first-order valence-corrected chi connectivity index (χ1v) is 7.13. The predicted octanol–water partition coefficient (Wildman–Crippen LogP) is 2.37. The third-order valence-corrected chi connectivity index (χ3v) is 3.81. The van der Waals surface area contributed by atoms with Gasteiger partial charge in [0.1, 0.15) is 6.20 Å². The molecule has 1 aromatic heterocycles. The van der Waals surface area contributed by atoms with Crippen LogP contribution in [0.15, 0.2) is 6.20 Å². The molecule has 0 bridgehead atoms. The topological polar surface area (TPSA) is 98.2 Å². The summed E-state index contributed by atoms with van der Waals surface area (Å²) in [5.74, 6) is 1.16. The van der Waals surface area contributed by atoms with E-state index in [9.17, 15) is 10.1 Å². The molecular formula is C13H21N5O2. The Bertz CT molecular complexity index is 480. The molecule has 0 saturated carbocycles. The monoisotopic (exact) mass is 279 g/mol. The zero-order valence-electron chi connectivity index (χ0n) is 11.8. The Kier molecular flexibility index (Phi) is 4.70. The van der Waals surface area contributed by atoms with Crippen molar-refractivity contribution in [3.8, 4) is 0 Å². The number of hydrogen-bond acceptors (Lipinski definition) is 6. The van der Waals surface area contributed by atoms with E-state index in [4.69, 9.17) is 5.73 Å². The fourth-order valence-corrected chi connectivity index (χ4v) is 2.82. The van der Waals surface area contributed by atoms with Crippen molar-refractivity contribution in [2.24, 2.45) is 5.92 Å². The maximum Gasteiger partial charge on any atom is 0.329 e. The Balaban J connectivity index is 2.18. The molecule has 1 unspecified atom stereocenters. The number of nitrogens with zero attached hydrogens (tertiary/aromatic N) is 4. The Morgan fingerprint density at radius 2 is 2.30 bits per heavy atom. The Morgan fingerprint density at radius 1 is 1.50 bits per heavy atom. The summed E-state index contributed by atoms with van der Waals surface area (Å²) < 4.78 is 0. The number of nitrogens with two attached hydrogens (primary N) is 1. The van der Waals surface area contributed by atoms with Crippen molar-refractivity contribution in [2.75, 3.05) is 23.7 Å². The zero-order valence-corrected chi connectivity index (χ0v) is 11.8. The fourth-order valence-electron chi connectivity index (χ4n) is 2.82. The number of nitro groups is 1. The van der Waals surface area contributed by atoms with Crippen LogP contribution < -0.4 is 10.6 Å². The molecule has 1 saturated heterocycles. The van der Waals surface area contributed by atoms with E-state index in [1.807, 2.05) is 4.90 Å². The van der Waals surface area contributed by atoms with Crippen LogP contribution in [0.2, 0.25) is 0 Å². The van der Waals surface area contributed by atoms with Gasteiger partial charge in [-0.2, -0.15) is 4.98 Å². The number of aromatic nitrogens is 2. The molecular weight excluding hydrogens is 258 g/mol. The third-order valence-electron chi connectivity index (χ3n) is 3.81. The van der Waals surface area contributed by atoms with E-state index in [2.05, 4.69) is 16.9 Å². The van der Waals surface area contributed by atoms with Crippen LogP contribution in [0, 0.1) is 16.0 Å². The van der Waals surface area contributed by atoms with E-state index in [1.54, 1.807) is 0 Å². The van der Waals surface area contributed by atoms with Crippen LogP contribution in [0.25, 0.3) is 0 Å². The summed E-state index contributed by atoms with van der Waals surface area (Å²) >= 11 is 0. The Hall–Kier alpha value is -1.92. The second kappa shape index (κ2) is 6.49. The Morgan fingerprint density at radius 3 is 3.00 bits per heavy atom. The minimum absolute atomic E-state index is 0.0619. The maximum atomic E-state index is 11.1. The first-order valence-electron chi connectivity index (χ1n) is 7.13. The summed E-state index contributed by atoms with van der Waals surface area (Å²) in [6.45, 7) is 3.78. The van der Waals surface area contributed by atoms with Crippen LogP contribution in [0.4, 0.5) is 17.5 Å². The van der Waals surface area contributed by atoms with Gasteiger partial charge >= 0.3 is 5.69 Å². The third kappa shape index (κ3) is 3.34. The molecule has 1 aliphatic heterocycles. The quantitative estimate of drug-likeness (QED) is 0.671. The SMILES string of the molecule is CCCC1CCCN(c2nc(N)ncc2[N+](=O)[O-])CC1. The van der Waals surface area contributed by atoms with Crippen molar-refractivity contribution in [3.63, 3.8) is 0 Å². The van der Waals surface area contributed by atoms with Gasteiger partial charge in [0.2, 0.25) is 11.8 Å². The molecule has 0 amide bonds. The molecule has 2 rings (SSSR count). The summed E-state index contributed by atoms with van der Waals surface area (Å²) in [4.78, 5) is 20.4. The molecule has 1 aromatic rings. The van der Waals surface area contributed by atoms with Gasteiger partial charge < -0.3 is 10.6 Å². The van der Waals surface area contributed by atoms with Crippen LogP contribution in [0.3, 0.4) is 0 Å². The van der Waals surface area contributed by atoms with E-state index >= 15 is 0 Å². The van der Waals surface area contributed by atoms with Gasteiger partial charge in [-0.05, 0) is 25.2 Å². The van der Waals surface area contributed by atoms with Crippen molar-refractivity contribution in [2.45, 2.75) is 39.0 Å². The average molecular weight is 279 g/mol. The highest BCUT2D eigenvalue weighted by atomic mass is 16.6. The second-order valence-corrected chi connectivity index (χ2v) is 5.27. The molecule has 0 aliphatic carbocycles. The minimum atomic E-state index is -0.441. The van der Waals surface area contributed by atoms with Gasteiger partial charge in [0.05, 0.1) is 4.92 Å². The van der Waals surface area contributed by atoms with Crippen molar-refractivity contribution in [1.82, 2.24) is 9.97 Å². The lowest BCUT2D eigenvalue weighted by molar-refractivity contribution is -0.384. The molecule has 0 radical (unpaired) electrons. The van der Waals surface area contributed by atoms with Gasteiger partial charge in [-0.3, -0.25) is 10.1 Å². The minimum Gasteiger partial charge on any atom is -0.368 e. The van der Waals surface area contributed by atoms with E-state index in [0.717, 1.165) is 25.9 Å². The number of hydrogen-bond donors (Lipinski definition) is 1. The van der Waals surface area contributed by atoms with Crippen molar-refractivity contribution in [3.05, 3.63) is 16.3 Å². The molecule has 7 nitrogen and oxygen atoms in total. The lowest BCUT2D eigenvalue weighted by Gasteiger charge is -2.21. The largest absolute Gasteiger partial charge is 0.368 e. The smallest absolute Gasteiger partial charge is 0.329 e. The van der Waals surface area contributed by atoms with Crippen LogP contribution in [-0.4, -0.2) is 28.0 Å². The molecule has 2 heterocycles. The predicted molar refractivity (Wildman–Crippen MR) is 77.6 cm³/mol. The van der Waals surface area contributed by atoms with Crippen molar-refractivity contribution >= 4 is 17.5 Å². The number of rotatable bonds is 4. The lowest BCUT2D eigenvalue weighted by atomic mass is 9.96. The highest BCUT2D eigenvalue weighted by Gasteiger charge is 2.25. The second-order valence-electron chi connectivity index (χ2n) is 5.27. The first-order chi connectivity index (χ1) is 9.61. The lowest BCUT2D eigenvalue weighted by Crippen LogP contribution is -2.26. The zero-order chi connectivity index (χ0) is 14.5. The molecule has 0 spiro atoms. The van der Waals surface area contributed by atoms with Gasteiger partial charge in [-0.1, -0.05) is 19.8 Å². The number of anilines is 2. The van der Waals surface area contributed by atoms with Gasteiger partial charge in [0.15, 0.2) is 0 Å². The van der Waals surface area contributed by atoms with Gasteiger partial charge in [-0.25, -0.2) is 4.98 Å². The van der Waals surface area contributed by atoms with Gasteiger partial charge in [0, 0.05) is 13.1 Å². The van der Waals surface area contributed by atoms with E-state index in [-0.39, 0.29) is 11.6 Å². The average Bonchev–Trinajstić information content (AvgIpc) is 2.64. The molecule has 1 aliphatic rings. The van der Waals surface area contributed by atoms with Crippen LogP contribution in [0.1, 0.15) is 39.0 Å². The molecule has 2 N–H and O–H groups in total. The number of nitrogen functional groups attached to an aromatic ring is 1. The normalized spacial score (nSPS) is 19.6. The summed E-state index contributed by atoms with van der Waals surface area (Å²) in [5, 5.41) is 11.1. The molecule has 0 aromatic carbocycles. The fraction of sp³-hybridized carbons (Fsp3) is 0.692. The highest BCUT2D eigenvalue weighted by Crippen LogP contribution is 2.30.